The third-order valence-corrected chi connectivity index (χ3v) is 2.73. The Bertz CT molecular complexity index is 390. The van der Waals surface area contributed by atoms with Gasteiger partial charge in [-0.05, 0) is 17.9 Å². The second-order valence-corrected chi connectivity index (χ2v) is 4.64. The highest BCUT2D eigenvalue weighted by atomic mass is 16.2. The average Bonchev–Trinajstić information content (AvgIpc) is 2.36. The van der Waals surface area contributed by atoms with Gasteiger partial charge in [-0.2, -0.15) is 0 Å². The first kappa shape index (κ1) is 14.4. The van der Waals surface area contributed by atoms with E-state index < -0.39 is 12.1 Å². The molecule has 0 bridgehead atoms. The fourth-order valence-corrected chi connectivity index (χ4v) is 1.55. The van der Waals surface area contributed by atoms with Gasteiger partial charge in [0.25, 0.3) is 0 Å². The minimum Gasteiger partial charge on any atom is -0.344 e. The van der Waals surface area contributed by atoms with Gasteiger partial charge in [0.15, 0.2) is 0 Å². The van der Waals surface area contributed by atoms with Crippen LogP contribution in [0.25, 0.3) is 0 Å². The fraction of sp³-hybridized carbons (Fsp3) is 0.429. The zero-order chi connectivity index (χ0) is 13.5. The zero-order valence-corrected chi connectivity index (χ0v) is 10.7. The minimum atomic E-state index is -0.651. The largest absolute Gasteiger partial charge is 0.344 e. The standard InChI is InChI=1S/C14H19N2O2/c1-10(2)13(9-17)16-14(18)12(15)8-11-6-4-3-5-7-11/h3-7,10,12-13H,8,15H2,1-2H3,(H,16,18)/t12-,13+/m0/s1. The lowest BCUT2D eigenvalue weighted by molar-refractivity contribution is -0.122. The van der Waals surface area contributed by atoms with Crippen LogP contribution in [0.5, 0.6) is 0 Å². The average molecular weight is 247 g/mol. The Morgan fingerprint density at radius 2 is 1.94 bits per heavy atom. The van der Waals surface area contributed by atoms with Gasteiger partial charge < -0.3 is 11.1 Å². The van der Waals surface area contributed by atoms with Crippen LogP contribution in [0, 0.1) is 5.92 Å². The van der Waals surface area contributed by atoms with E-state index in [1.165, 1.54) is 0 Å². The highest BCUT2D eigenvalue weighted by Gasteiger charge is 2.20. The molecule has 0 unspecified atom stereocenters. The van der Waals surface area contributed by atoms with Crippen molar-refractivity contribution in [3.63, 3.8) is 0 Å². The van der Waals surface area contributed by atoms with Gasteiger partial charge in [-0.3, -0.25) is 9.59 Å². The molecule has 4 nitrogen and oxygen atoms in total. The van der Waals surface area contributed by atoms with Crippen LogP contribution in [0.3, 0.4) is 0 Å². The molecule has 2 atom stereocenters. The Kier molecular flexibility index (Phi) is 5.52. The SMILES string of the molecule is CC(C)[C@@H]([C]=O)NC(=O)[C@@H](N)Cc1ccccc1. The number of hydrogen-bond donors (Lipinski definition) is 2. The molecule has 4 heteroatoms. The van der Waals surface area contributed by atoms with Crippen LogP contribution in [0.2, 0.25) is 0 Å². The van der Waals surface area contributed by atoms with Gasteiger partial charge >= 0.3 is 0 Å². The van der Waals surface area contributed by atoms with Crippen LogP contribution in [0.1, 0.15) is 19.4 Å². The first-order valence-electron chi connectivity index (χ1n) is 6.02. The van der Waals surface area contributed by atoms with E-state index >= 15 is 0 Å². The van der Waals surface area contributed by atoms with E-state index in [1.54, 1.807) is 0 Å². The number of carbonyl (C=O) groups is 1. The molecule has 0 saturated heterocycles. The molecule has 0 heterocycles. The molecule has 1 amide bonds. The van der Waals surface area contributed by atoms with Gasteiger partial charge in [0.2, 0.25) is 12.2 Å². The molecular weight excluding hydrogens is 228 g/mol. The Labute approximate surface area is 108 Å². The summed E-state index contributed by atoms with van der Waals surface area (Å²) in [5.41, 5.74) is 6.81. The molecule has 0 saturated carbocycles. The highest BCUT2D eigenvalue weighted by Crippen LogP contribution is 2.03. The van der Waals surface area contributed by atoms with Crippen LogP contribution in [0.4, 0.5) is 0 Å². The van der Waals surface area contributed by atoms with Crippen LogP contribution in [-0.2, 0) is 16.0 Å². The van der Waals surface area contributed by atoms with Crippen LogP contribution >= 0.6 is 0 Å². The number of benzene rings is 1. The Morgan fingerprint density at radius 3 is 2.44 bits per heavy atom. The zero-order valence-electron chi connectivity index (χ0n) is 10.7. The first-order chi connectivity index (χ1) is 8.54. The first-order valence-corrected chi connectivity index (χ1v) is 6.02. The molecule has 1 aromatic rings. The second-order valence-electron chi connectivity index (χ2n) is 4.64. The minimum absolute atomic E-state index is 0.00961. The van der Waals surface area contributed by atoms with E-state index in [1.807, 2.05) is 50.5 Å². The van der Waals surface area contributed by atoms with Crippen LogP contribution in [-0.4, -0.2) is 24.3 Å². The highest BCUT2D eigenvalue weighted by molar-refractivity contribution is 5.84. The Morgan fingerprint density at radius 1 is 1.33 bits per heavy atom. The van der Waals surface area contributed by atoms with Gasteiger partial charge in [0, 0.05) is 0 Å². The molecule has 1 rings (SSSR count). The molecule has 97 valence electrons. The van der Waals surface area contributed by atoms with Gasteiger partial charge in [0.05, 0.1) is 12.1 Å². The number of rotatable bonds is 6. The molecule has 1 radical (unpaired) electrons. The molecule has 0 aliphatic carbocycles. The van der Waals surface area contributed by atoms with E-state index in [0.717, 1.165) is 5.56 Å². The van der Waals surface area contributed by atoms with Gasteiger partial charge in [0.1, 0.15) is 0 Å². The summed E-state index contributed by atoms with van der Waals surface area (Å²) in [4.78, 5) is 22.5. The molecule has 0 aromatic heterocycles. The van der Waals surface area contributed by atoms with Crippen molar-refractivity contribution in [2.45, 2.75) is 32.4 Å². The molecule has 0 aliphatic heterocycles. The monoisotopic (exact) mass is 247 g/mol. The van der Waals surface area contributed by atoms with E-state index in [0.29, 0.717) is 6.42 Å². The number of nitrogens with two attached hydrogens (primary N) is 1. The van der Waals surface area contributed by atoms with Crippen molar-refractivity contribution in [3.8, 4) is 0 Å². The van der Waals surface area contributed by atoms with Crippen LogP contribution in [0.15, 0.2) is 30.3 Å². The van der Waals surface area contributed by atoms with Crippen molar-refractivity contribution in [1.29, 1.82) is 0 Å². The van der Waals surface area contributed by atoms with Crippen LogP contribution < -0.4 is 11.1 Å². The summed E-state index contributed by atoms with van der Waals surface area (Å²) in [7, 11) is 0. The third kappa shape index (κ3) is 4.30. The normalized spacial score (nSPS) is 14.0. The van der Waals surface area contributed by atoms with E-state index in [4.69, 9.17) is 5.73 Å². The van der Waals surface area contributed by atoms with Crippen molar-refractivity contribution >= 4 is 12.2 Å². The van der Waals surface area contributed by atoms with Crippen molar-refractivity contribution in [1.82, 2.24) is 5.32 Å². The number of nitrogens with one attached hydrogen (secondary N) is 1. The summed E-state index contributed by atoms with van der Waals surface area (Å²) < 4.78 is 0. The summed E-state index contributed by atoms with van der Waals surface area (Å²) >= 11 is 0. The predicted octanol–water partition coefficient (Wildman–Crippen LogP) is 0.807. The molecule has 0 fully saturated rings. The lowest BCUT2D eigenvalue weighted by Crippen LogP contribution is -2.48. The maximum absolute atomic E-state index is 11.8. The Hall–Kier alpha value is -1.68. The molecule has 3 N–H and O–H groups in total. The molecule has 0 spiro atoms. The van der Waals surface area contributed by atoms with E-state index in [9.17, 15) is 9.59 Å². The van der Waals surface area contributed by atoms with Crippen molar-refractivity contribution in [2.24, 2.45) is 11.7 Å². The number of carbonyl (C=O) groups excluding carboxylic acids is 2. The molecule has 1 aromatic carbocycles. The smallest absolute Gasteiger partial charge is 0.237 e. The second kappa shape index (κ2) is 6.91. The summed E-state index contributed by atoms with van der Waals surface area (Å²) in [5, 5.41) is 2.60. The lowest BCUT2D eigenvalue weighted by atomic mass is 10.0. The van der Waals surface area contributed by atoms with Gasteiger partial charge in [-0.1, -0.05) is 44.2 Å². The molecule has 0 aliphatic rings. The summed E-state index contributed by atoms with van der Waals surface area (Å²) in [6.45, 7) is 3.69. The maximum atomic E-state index is 11.8. The number of amides is 1. The summed E-state index contributed by atoms with van der Waals surface area (Å²) in [6, 6.07) is 8.29. The fourth-order valence-electron chi connectivity index (χ4n) is 1.55. The topological polar surface area (TPSA) is 72.2 Å². The maximum Gasteiger partial charge on any atom is 0.237 e. The van der Waals surface area contributed by atoms with E-state index in [-0.39, 0.29) is 11.8 Å². The summed E-state index contributed by atoms with van der Waals surface area (Å²) in [6.07, 6.45) is 2.27. The Balaban J connectivity index is 2.54. The van der Waals surface area contributed by atoms with Gasteiger partial charge in [-0.25, -0.2) is 0 Å². The quantitative estimate of drug-likeness (QED) is 0.781. The van der Waals surface area contributed by atoms with Gasteiger partial charge in [-0.15, -0.1) is 0 Å². The third-order valence-electron chi connectivity index (χ3n) is 2.73. The predicted molar refractivity (Wildman–Crippen MR) is 70.6 cm³/mol. The van der Waals surface area contributed by atoms with E-state index in [2.05, 4.69) is 5.32 Å². The lowest BCUT2D eigenvalue weighted by Gasteiger charge is -2.18. The van der Waals surface area contributed by atoms with Crippen molar-refractivity contribution in [2.75, 3.05) is 0 Å². The van der Waals surface area contributed by atoms with Crippen molar-refractivity contribution < 1.29 is 9.59 Å². The van der Waals surface area contributed by atoms with Crippen molar-refractivity contribution in [3.05, 3.63) is 35.9 Å². The number of hydrogen-bond acceptors (Lipinski definition) is 3. The molecule has 18 heavy (non-hydrogen) atoms. The summed E-state index contributed by atoms with van der Waals surface area (Å²) in [5.74, 6) is -0.309. The molecular formula is C14H19N2O2.